The number of hydrogen-bond acceptors (Lipinski definition) is 3. The van der Waals surface area contributed by atoms with Gasteiger partial charge in [0.05, 0.1) is 11.3 Å². The van der Waals surface area contributed by atoms with Crippen LogP contribution in [-0.4, -0.2) is 34.7 Å². The number of amides is 2. The molecule has 0 aliphatic carbocycles. The highest BCUT2D eigenvalue weighted by Gasteiger charge is 2.19. The van der Waals surface area contributed by atoms with Gasteiger partial charge in [-0.25, -0.2) is 9.07 Å². The van der Waals surface area contributed by atoms with Gasteiger partial charge in [0.2, 0.25) is 5.91 Å². The molecule has 6 nitrogen and oxygen atoms in total. The summed E-state index contributed by atoms with van der Waals surface area (Å²) in [7, 11) is 0. The average Bonchev–Trinajstić information content (AvgIpc) is 3.17. The molecule has 3 rings (SSSR count). The van der Waals surface area contributed by atoms with Crippen LogP contribution < -0.4 is 10.6 Å². The molecule has 0 aliphatic heterocycles. The summed E-state index contributed by atoms with van der Waals surface area (Å²) in [6, 6.07) is 13.6. The van der Waals surface area contributed by atoms with Crippen LogP contribution in [0.2, 0.25) is 0 Å². The lowest BCUT2D eigenvalue weighted by atomic mass is 10.1. The Labute approximate surface area is 175 Å². The van der Waals surface area contributed by atoms with Gasteiger partial charge in [-0.05, 0) is 37.3 Å². The molecule has 0 radical (unpaired) electrons. The molecule has 0 aliphatic rings. The Morgan fingerprint density at radius 3 is 2.43 bits per heavy atom. The summed E-state index contributed by atoms with van der Waals surface area (Å²) < 4.78 is 14.8. The molecule has 0 fully saturated rings. The fourth-order valence-corrected chi connectivity index (χ4v) is 2.93. The third-order valence-electron chi connectivity index (χ3n) is 4.58. The van der Waals surface area contributed by atoms with Crippen molar-refractivity contribution in [3.05, 3.63) is 71.7 Å². The maximum atomic E-state index is 13.3. The summed E-state index contributed by atoms with van der Waals surface area (Å²) in [6.07, 6.45) is 1.63. The summed E-state index contributed by atoms with van der Waals surface area (Å²) in [5.74, 6) is -0.804. The summed E-state index contributed by atoms with van der Waals surface area (Å²) in [6.45, 7) is 6.23. The van der Waals surface area contributed by atoms with Crippen molar-refractivity contribution < 1.29 is 14.0 Å². The van der Waals surface area contributed by atoms with Crippen molar-refractivity contribution in [2.45, 2.75) is 20.8 Å². The fraction of sp³-hybridized carbons (Fsp3) is 0.261. The molecule has 156 valence electrons. The number of hydrogen-bond donors (Lipinski definition) is 2. The first-order chi connectivity index (χ1) is 14.3. The maximum Gasteiger partial charge on any atom is 0.255 e. The van der Waals surface area contributed by atoms with Crippen LogP contribution in [0.3, 0.4) is 0 Å². The zero-order chi connectivity index (χ0) is 21.7. The normalized spacial score (nSPS) is 10.8. The van der Waals surface area contributed by atoms with Gasteiger partial charge in [0.1, 0.15) is 11.5 Å². The molecule has 30 heavy (non-hydrogen) atoms. The maximum absolute atomic E-state index is 13.3. The lowest BCUT2D eigenvalue weighted by molar-refractivity contribution is -0.123. The minimum atomic E-state index is -0.341. The number of halogens is 1. The largest absolute Gasteiger partial charge is 0.354 e. The van der Waals surface area contributed by atoms with Crippen LogP contribution in [0, 0.1) is 18.7 Å². The number of benzene rings is 2. The van der Waals surface area contributed by atoms with Crippen molar-refractivity contribution in [3.63, 3.8) is 0 Å². The Bertz CT molecular complexity index is 1040. The quantitative estimate of drug-likeness (QED) is 0.588. The highest BCUT2D eigenvalue weighted by Crippen LogP contribution is 2.24. The van der Waals surface area contributed by atoms with Crippen molar-refractivity contribution in [1.29, 1.82) is 0 Å². The minimum Gasteiger partial charge on any atom is -0.354 e. The van der Waals surface area contributed by atoms with Crippen LogP contribution in [0.15, 0.2) is 54.7 Å². The van der Waals surface area contributed by atoms with Crippen LogP contribution in [0.1, 0.15) is 29.8 Å². The Morgan fingerprint density at radius 2 is 1.77 bits per heavy atom. The smallest absolute Gasteiger partial charge is 0.255 e. The molecule has 0 bridgehead atoms. The SMILES string of the molecule is Cc1cccc(-c2nn(-c3ccc(F)cc3)cc2C(=O)NCCNC(=O)C(C)C)c1. The molecular weight excluding hydrogens is 383 g/mol. The lowest BCUT2D eigenvalue weighted by Gasteiger charge is -2.09. The number of aromatic nitrogens is 2. The second-order valence-electron chi connectivity index (χ2n) is 7.38. The second-order valence-corrected chi connectivity index (χ2v) is 7.38. The third kappa shape index (κ3) is 5.11. The molecule has 0 atom stereocenters. The second kappa shape index (κ2) is 9.35. The van der Waals surface area contributed by atoms with Gasteiger partial charge in [-0.1, -0.05) is 37.6 Å². The molecule has 2 aromatic carbocycles. The summed E-state index contributed by atoms with van der Waals surface area (Å²) in [5, 5.41) is 10.2. The van der Waals surface area contributed by atoms with E-state index in [1.165, 1.54) is 12.1 Å². The van der Waals surface area contributed by atoms with E-state index in [1.54, 1.807) is 23.0 Å². The van der Waals surface area contributed by atoms with Crippen LogP contribution in [0.5, 0.6) is 0 Å². The number of aryl methyl sites for hydroxylation is 1. The number of nitrogens with one attached hydrogen (secondary N) is 2. The Kier molecular flexibility index (Phi) is 6.61. The van der Waals surface area contributed by atoms with E-state index in [1.807, 2.05) is 45.0 Å². The molecule has 2 N–H and O–H groups in total. The van der Waals surface area contributed by atoms with E-state index in [9.17, 15) is 14.0 Å². The van der Waals surface area contributed by atoms with Crippen molar-refractivity contribution in [1.82, 2.24) is 20.4 Å². The number of carbonyl (C=O) groups excluding carboxylic acids is 2. The van der Waals surface area contributed by atoms with E-state index < -0.39 is 0 Å². The van der Waals surface area contributed by atoms with Crippen LogP contribution >= 0.6 is 0 Å². The van der Waals surface area contributed by atoms with Crippen molar-refractivity contribution in [3.8, 4) is 16.9 Å². The zero-order valence-corrected chi connectivity index (χ0v) is 17.3. The first-order valence-corrected chi connectivity index (χ1v) is 9.83. The van der Waals surface area contributed by atoms with E-state index in [2.05, 4.69) is 15.7 Å². The Hall–Kier alpha value is -3.48. The predicted molar refractivity (Wildman–Crippen MR) is 114 cm³/mol. The molecule has 2 amide bonds. The van der Waals surface area contributed by atoms with Crippen molar-refractivity contribution in [2.24, 2.45) is 5.92 Å². The van der Waals surface area contributed by atoms with Crippen LogP contribution in [-0.2, 0) is 4.79 Å². The van der Waals surface area contributed by atoms with Gasteiger partial charge in [-0.15, -0.1) is 0 Å². The van der Waals surface area contributed by atoms with Crippen LogP contribution in [0.25, 0.3) is 16.9 Å². The van der Waals surface area contributed by atoms with Gasteiger partial charge in [-0.2, -0.15) is 5.10 Å². The highest BCUT2D eigenvalue weighted by atomic mass is 19.1. The molecule has 1 aromatic heterocycles. The van der Waals surface area contributed by atoms with E-state index in [-0.39, 0.29) is 23.5 Å². The highest BCUT2D eigenvalue weighted by molar-refractivity contribution is 6.00. The van der Waals surface area contributed by atoms with Crippen molar-refractivity contribution >= 4 is 11.8 Å². The van der Waals surface area contributed by atoms with E-state index in [4.69, 9.17) is 0 Å². The summed E-state index contributed by atoms with van der Waals surface area (Å²) >= 11 is 0. The van der Waals surface area contributed by atoms with Gasteiger partial charge in [0.15, 0.2) is 0 Å². The first-order valence-electron chi connectivity index (χ1n) is 9.83. The van der Waals surface area contributed by atoms with Gasteiger partial charge in [0, 0.05) is 30.8 Å². The topological polar surface area (TPSA) is 76.0 Å². The monoisotopic (exact) mass is 408 g/mol. The number of rotatable bonds is 7. The first kappa shape index (κ1) is 21.2. The lowest BCUT2D eigenvalue weighted by Crippen LogP contribution is -2.36. The average molecular weight is 408 g/mol. The van der Waals surface area contributed by atoms with Crippen molar-refractivity contribution in [2.75, 3.05) is 13.1 Å². The number of nitrogens with zero attached hydrogens (tertiary/aromatic N) is 2. The minimum absolute atomic E-state index is 0.0613. The van der Waals surface area contributed by atoms with Gasteiger partial charge >= 0.3 is 0 Å². The molecule has 7 heteroatoms. The fourth-order valence-electron chi connectivity index (χ4n) is 2.93. The van der Waals surface area contributed by atoms with E-state index >= 15 is 0 Å². The molecule has 0 saturated heterocycles. The number of carbonyl (C=O) groups is 2. The molecule has 0 saturated carbocycles. The molecular formula is C23H25FN4O2. The molecule has 0 spiro atoms. The predicted octanol–water partition coefficient (Wildman–Crippen LogP) is 3.49. The summed E-state index contributed by atoms with van der Waals surface area (Å²) in [4.78, 5) is 24.5. The van der Waals surface area contributed by atoms with Crippen LogP contribution in [0.4, 0.5) is 4.39 Å². The standard InChI is InChI=1S/C23H25FN4O2/c1-15(2)22(29)25-11-12-26-23(30)20-14-28(19-9-7-18(24)8-10-19)27-21(20)17-6-4-5-16(3)13-17/h4-10,13-15H,11-12H2,1-3H3,(H,25,29)(H,26,30). The third-order valence-corrected chi connectivity index (χ3v) is 4.58. The zero-order valence-electron chi connectivity index (χ0n) is 17.3. The van der Waals surface area contributed by atoms with Gasteiger partial charge in [0.25, 0.3) is 5.91 Å². The van der Waals surface area contributed by atoms with E-state index in [0.29, 0.717) is 30.0 Å². The molecule has 1 heterocycles. The van der Waals surface area contributed by atoms with Gasteiger partial charge in [-0.3, -0.25) is 9.59 Å². The molecule has 0 unspecified atom stereocenters. The Balaban J connectivity index is 1.85. The van der Waals surface area contributed by atoms with E-state index in [0.717, 1.165) is 11.1 Å². The van der Waals surface area contributed by atoms with Gasteiger partial charge < -0.3 is 10.6 Å². The Morgan fingerprint density at radius 1 is 1.07 bits per heavy atom. The summed E-state index contributed by atoms with van der Waals surface area (Å²) in [5.41, 5.74) is 3.45. The molecule has 3 aromatic rings.